The summed E-state index contributed by atoms with van der Waals surface area (Å²) in [7, 11) is 0. The predicted molar refractivity (Wildman–Crippen MR) is 82.3 cm³/mol. The molecule has 0 amide bonds. The Morgan fingerprint density at radius 2 is 1.95 bits per heavy atom. The highest BCUT2D eigenvalue weighted by Gasteiger charge is 2.11. The van der Waals surface area contributed by atoms with E-state index in [0.717, 1.165) is 15.7 Å². The van der Waals surface area contributed by atoms with Crippen LogP contribution in [0.3, 0.4) is 0 Å². The molecule has 2 aromatic rings. The first kappa shape index (κ1) is 14.4. The Balaban J connectivity index is 2.27. The smallest absolute Gasteiger partial charge is 0.140 e. The number of hydrogen-bond donors (Lipinski definition) is 1. The van der Waals surface area contributed by atoms with E-state index in [1.807, 2.05) is 6.07 Å². The van der Waals surface area contributed by atoms with Crippen LogP contribution in [-0.2, 0) is 0 Å². The van der Waals surface area contributed by atoms with Crippen molar-refractivity contribution in [1.29, 1.82) is 10.5 Å². The van der Waals surface area contributed by atoms with Gasteiger partial charge < -0.3 is 5.32 Å². The largest absolute Gasteiger partial charge is 0.366 e. The molecule has 20 heavy (non-hydrogen) atoms. The van der Waals surface area contributed by atoms with E-state index in [4.69, 9.17) is 16.9 Å². The number of nitrogens with zero attached hydrogens (tertiary/aromatic N) is 2. The molecule has 5 heteroatoms. The van der Waals surface area contributed by atoms with E-state index < -0.39 is 6.04 Å². The summed E-state index contributed by atoms with van der Waals surface area (Å²) in [5.41, 5.74) is 2.05. The molecule has 1 N–H and O–H groups in total. The van der Waals surface area contributed by atoms with Gasteiger partial charge in [0.05, 0.1) is 22.7 Å². The lowest BCUT2D eigenvalue weighted by Crippen LogP contribution is -2.08. The van der Waals surface area contributed by atoms with Gasteiger partial charge in [-0.05, 0) is 51.8 Å². The average Bonchev–Trinajstić information content (AvgIpc) is 2.48. The second-order valence-electron chi connectivity index (χ2n) is 4.07. The summed E-state index contributed by atoms with van der Waals surface area (Å²) in [6.45, 7) is 0. The fraction of sp³-hybridized carbons (Fsp3) is 0.0667. The van der Waals surface area contributed by atoms with Crippen LogP contribution in [0, 0.1) is 22.7 Å². The molecule has 98 valence electrons. The number of nitriles is 2. The third-order valence-electron chi connectivity index (χ3n) is 2.71. The van der Waals surface area contributed by atoms with Gasteiger partial charge >= 0.3 is 0 Å². The maximum absolute atomic E-state index is 9.30. The Labute approximate surface area is 130 Å². The van der Waals surface area contributed by atoms with Crippen molar-refractivity contribution < 1.29 is 0 Å². The van der Waals surface area contributed by atoms with Crippen molar-refractivity contribution in [2.45, 2.75) is 6.04 Å². The normalized spacial score (nSPS) is 11.2. The van der Waals surface area contributed by atoms with Gasteiger partial charge in [0.2, 0.25) is 0 Å². The number of anilines is 1. The van der Waals surface area contributed by atoms with Gasteiger partial charge in [0.1, 0.15) is 6.04 Å². The maximum Gasteiger partial charge on any atom is 0.140 e. The summed E-state index contributed by atoms with van der Waals surface area (Å²) in [6.07, 6.45) is 0. The predicted octanol–water partition coefficient (Wildman–Crippen LogP) is 4.65. The highest BCUT2D eigenvalue weighted by atomic mass is 79.9. The van der Waals surface area contributed by atoms with E-state index in [1.54, 1.807) is 36.4 Å². The molecule has 0 fully saturated rings. The Morgan fingerprint density at radius 1 is 1.15 bits per heavy atom. The fourth-order valence-corrected chi connectivity index (χ4v) is 2.23. The molecule has 2 aromatic carbocycles. The summed E-state index contributed by atoms with van der Waals surface area (Å²) >= 11 is 9.27. The van der Waals surface area contributed by atoms with Crippen LogP contribution in [0.2, 0.25) is 5.02 Å². The summed E-state index contributed by atoms with van der Waals surface area (Å²) in [4.78, 5) is 0. The van der Waals surface area contributed by atoms with E-state index in [2.05, 4.69) is 33.4 Å². The molecule has 0 radical (unpaired) electrons. The summed E-state index contributed by atoms with van der Waals surface area (Å²) in [5.74, 6) is 0. The van der Waals surface area contributed by atoms with Crippen molar-refractivity contribution in [1.82, 2.24) is 0 Å². The lowest BCUT2D eigenvalue weighted by atomic mass is 10.1. The molecule has 1 atom stereocenters. The van der Waals surface area contributed by atoms with E-state index in [9.17, 15) is 5.26 Å². The first-order valence-electron chi connectivity index (χ1n) is 5.75. The highest BCUT2D eigenvalue weighted by molar-refractivity contribution is 9.10. The first-order chi connectivity index (χ1) is 9.63. The quantitative estimate of drug-likeness (QED) is 0.880. The van der Waals surface area contributed by atoms with Crippen LogP contribution in [0.5, 0.6) is 0 Å². The number of benzene rings is 2. The minimum atomic E-state index is -0.531. The van der Waals surface area contributed by atoms with Gasteiger partial charge in [-0.1, -0.05) is 23.7 Å². The van der Waals surface area contributed by atoms with Crippen LogP contribution in [0.1, 0.15) is 17.2 Å². The Hall–Kier alpha value is -2.01. The summed E-state index contributed by atoms with van der Waals surface area (Å²) in [5, 5.41) is 21.9. The molecule has 0 spiro atoms. The third-order valence-corrected chi connectivity index (χ3v) is 3.92. The molecule has 0 bridgehead atoms. The van der Waals surface area contributed by atoms with E-state index >= 15 is 0 Å². The van der Waals surface area contributed by atoms with Gasteiger partial charge in [0, 0.05) is 10.2 Å². The Bertz CT molecular complexity index is 716. The van der Waals surface area contributed by atoms with Crippen molar-refractivity contribution in [2.24, 2.45) is 0 Å². The minimum Gasteiger partial charge on any atom is -0.366 e. The van der Waals surface area contributed by atoms with E-state index in [1.165, 1.54) is 0 Å². The molecule has 2 rings (SSSR count). The zero-order valence-electron chi connectivity index (χ0n) is 10.3. The molecule has 0 saturated heterocycles. The number of hydrogen-bond acceptors (Lipinski definition) is 3. The van der Waals surface area contributed by atoms with Crippen LogP contribution in [0.25, 0.3) is 0 Å². The van der Waals surface area contributed by atoms with Crippen LogP contribution in [-0.4, -0.2) is 0 Å². The molecule has 0 heterocycles. The monoisotopic (exact) mass is 345 g/mol. The summed E-state index contributed by atoms with van der Waals surface area (Å²) < 4.78 is 0.756. The Morgan fingerprint density at radius 3 is 2.60 bits per heavy atom. The zero-order valence-corrected chi connectivity index (χ0v) is 12.6. The molecule has 0 saturated carbocycles. The lowest BCUT2D eigenvalue weighted by Gasteiger charge is -2.14. The van der Waals surface area contributed by atoms with Gasteiger partial charge in [0.15, 0.2) is 0 Å². The average molecular weight is 347 g/mol. The maximum atomic E-state index is 9.30. The van der Waals surface area contributed by atoms with Gasteiger partial charge in [-0.15, -0.1) is 0 Å². The van der Waals surface area contributed by atoms with Gasteiger partial charge in [-0.3, -0.25) is 0 Å². The van der Waals surface area contributed by atoms with Crippen molar-refractivity contribution >= 4 is 33.2 Å². The first-order valence-corrected chi connectivity index (χ1v) is 6.92. The second-order valence-corrected chi connectivity index (χ2v) is 5.33. The molecule has 1 unspecified atom stereocenters. The molecular formula is C15H9BrClN3. The van der Waals surface area contributed by atoms with Crippen molar-refractivity contribution in [3.05, 3.63) is 63.1 Å². The van der Waals surface area contributed by atoms with Gasteiger partial charge in [-0.25, -0.2) is 0 Å². The standard InChI is InChI=1S/C15H9BrClN3/c16-13-7-12(4-5-14(13)17)20-15(9-19)11-3-1-2-10(6-11)8-18/h1-7,15,20H. The SMILES string of the molecule is N#Cc1cccc(C(C#N)Nc2ccc(Cl)c(Br)c2)c1. The van der Waals surface area contributed by atoms with Crippen molar-refractivity contribution in [2.75, 3.05) is 5.32 Å². The summed E-state index contributed by atoms with van der Waals surface area (Å²) in [6, 6.07) is 16.0. The van der Waals surface area contributed by atoms with Crippen molar-refractivity contribution in [3.63, 3.8) is 0 Å². The van der Waals surface area contributed by atoms with E-state index in [0.29, 0.717) is 10.6 Å². The molecule has 0 aliphatic heterocycles. The second kappa shape index (κ2) is 6.43. The molecule has 3 nitrogen and oxygen atoms in total. The van der Waals surface area contributed by atoms with Crippen LogP contribution in [0.4, 0.5) is 5.69 Å². The van der Waals surface area contributed by atoms with Gasteiger partial charge in [-0.2, -0.15) is 10.5 Å². The number of rotatable bonds is 3. The minimum absolute atomic E-state index is 0.529. The van der Waals surface area contributed by atoms with Gasteiger partial charge in [0.25, 0.3) is 0 Å². The molecule has 0 aliphatic carbocycles. The fourth-order valence-electron chi connectivity index (χ4n) is 1.73. The molecule has 0 aromatic heterocycles. The number of nitrogens with one attached hydrogen (secondary N) is 1. The van der Waals surface area contributed by atoms with E-state index in [-0.39, 0.29) is 0 Å². The topological polar surface area (TPSA) is 59.6 Å². The Kier molecular flexibility index (Phi) is 4.63. The molecular weight excluding hydrogens is 338 g/mol. The lowest BCUT2D eigenvalue weighted by molar-refractivity contribution is 0.996. The number of halogens is 2. The molecule has 0 aliphatic rings. The van der Waals surface area contributed by atoms with Crippen LogP contribution < -0.4 is 5.32 Å². The van der Waals surface area contributed by atoms with Crippen LogP contribution >= 0.6 is 27.5 Å². The third kappa shape index (κ3) is 3.30. The van der Waals surface area contributed by atoms with Crippen LogP contribution in [0.15, 0.2) is 46.9 Å². The van der Waals surface area contributed by atoms with Crippen molar-refractivity contribution in [3.8, 4) is 12.1 Å². The highest BCUT2D eigenvalue weighted by Crippen LogP contribution is 2.27. The zero-order chi connectivity index (χ0) is 14.5.